The van der Waals surface area contributed by atoms with Gasteiger partial charge in [-0.2, -0.15) is 0 Å². The van der Waals surface area contributed by atoms with Crippen molar-refractivity contribution in [1.29, 1.82) is 0 Å². The Kier molecular flexibility index (Phi) is 6.20. The molecule has 1 rings (SSSR count). The van der Waals surface area contributed by atoms with Crippen molar-refractivity contribution in [3.05, 3.63) is 12.7 Å². The van der Waals surface area contributed by atoms with Crippen molar-refractivity contribution in [2.45, 2.75) is 44.6 Å². The third-order valence-electron chi connectivity index (χ3n) is 4.02. The molecule has 0 aromatic rings. The van der Waals surface area contributed by atoms with E-state index in [4.69, 9.17) is 0 Å². The normalized spacial score (nSPS) is 18.1. The molecule has 0 spiro atoms. The van der Waals surface area contributed by atoms with Crippen LogP contribution in [0.25, 0.3) is 0 Å². The van der Waals surface area contributed by atoms with Crippen molar-refractivity contribution >= 4 is 11.9 Å². The van der Waals surface area contributed by atoms with Gasteiger partial charge in [0.15, 0.2) is 0 Å². The van der Waals surface area contributed by atoms with E-state index in [1.54, 1.807) is 6.08 Å². The summed E-state index contributed by atoms with van der Waals surface area (Å²) in [6, 6.07) is -0.138. The van der Waals surface area contributed by atoms with E-state index in [2.05, 4.69) is 16.8 Å². The molecule has 0 heterocycles. The number of aliphatic carboxylic acids is 1. The van der Waals surface area contributed by atoms with E-state index < -0.39 is 11.4 Å². The van der Waals surface area contributed by atoms with Crippen LogP contribution in [0.2, 0.25) is 0 Å². The van der Waals surface area contributed by atoms with Crippen molar-refractivity contribution in [2.75, 3.05) is 20.6 Å². The number of unbranched alkanes of at least 4 members (excludes halogenated alkanes) is 1. The maximum absolute atomic E-state index is 12.2. The molecule has 0 aromatic carbocycles. The van der Waals surface area contributed by atoms with Gasteiger partial charge in [-0.25, -0.2) is 0 Å². The number of carboxylic acids is 1. The number of carbonyl (C=O) groups is 2. The number of hydrogen-bond donors (Lipinski definition) is 2. The van der Waals surface area contributed by atoms with Crippen LogP contribution in [0.5, 0.6) is 0 Å². The number of nitrogens with one attached hydrogen (secondary N) is 1. The lowest BCUT2D eigenvalue weighted by Gasteiger charge is -2.36. The summed E-state index contributed by atoms with van der Waals surface area (Å²) in [5, 5.41) is 12.1. The van der Waals surface area contributed by atoms with Crippen LogP contribution in [0.1, 0.15) is 38.5 Å². The van der Waals surface area contributed by atoms with E-state index in [1.807, 2.05) is 14.1 Å². The molecule has 20 heavy (non-hydrogen) atoms. The second-order valence-corrected chi connectivity index (χ2v) is 5.86. The maximum Gasteiger partial charge on any atom is 0.319 e. The molecule has 1 fully saturated rings. The molecule has 1 amide bonds. The van der Waals surface area contributed by atoms with Crippen molar-refractivity contribution in [1.82, 2.24) is 10.2 Å². The average molecular weight is 282 g/mol. The minimum atomic E-state index is -1.19. The van der Waals surface area contributed by atoms with Gasteiger partial charge in [-0.15, -0.1) is 6.58 Å². The highest BCUT2D eigenvalue weighted by Gasteiger charge is 2.51. The van der Waals surface area contributed by atoms with Crippen LogP contribution in [-0.2, 0) is 9.59 Å². The Morgan fingerprint density at radius 1 is 1.40 bits per heavy atom. The lowest BCUT2D eigenvalue weighted by Crippen LogP contribution is -2.53. The van der Waals surface area contributed by atoms with E-state index in [-0.39, 0.29) is 11.9 Å². The average Bonchev–Trinajstić information content (AvgIpc) is 2.30. The Balaban J connectivity index is 2.41. The molecule has 5 nitrogen and oxygen atoms in total. The molecule has 0 radical (unpaired) electrons. The fraction of sp³-hybridized carbons (Fsp3) is 0.733. The number of carboxylic acid groups (broad SMARTS) is 1. The summed E-state index contributed by atoms with van der Waals surface area (Å²) < 4.78 is 0. The standard InChI is InChI=1S/C15H26N2O3/c1-4-12(8-5-6-11-17(2)3)16-13(18)15(14(19)20)9-7-10-15/h4,12H,1,5-11H2,2-3H3,(H,16,18)(H,19,20)/t12-/m1/s1. The fourth-order valence-electron chi connectivity index (χ4n) is 2.42. The molecular weight excluding hydrogens is 256 g/mol. The molecule has 114 valence electrons. The van der Waals surface area contributed by atoms with Crippen molar-refractivity contribution in [3.8, 4) is 0 Å². The monoisotopic (exact) mass is 282 g/mol. The zero-order chi connectivity index (χ0) is 15.2. The van der Waals surface area contributed by atoms with Crippen LogP contribution in [0.4, 0.5) is 0 Å². The van der Waals surface area contributed by atoms with Gasteiger partial charge in [0.25, 0.3) is 0 Å². The maximum atomic E-state index is 12.2. The number of nitrogens with zero attached hydrogens (tertiary/aromatic N) is 1. The lowest BCUT2D eigenvalue weighted by atomic mass is 9.68. The Morgan fingerprint density at radius 2 is 2.05 bits per heavy atom. The van der Waals surface area contributed by atoms with Gasteiger partial charge in [0.1, 0.15) is 5.41 Å². The number of rotatable bonds is 9. The summed E-state index contributed by atoms with van der Waals surface area (Å²) in [5.41, 5.74) is -1.19. The summed E-state index contributed by atoms with van der Waals surface area (Å²) in [6.45, 7) is 4.74. The van der Waals surface area contributed by atoms with Crippen LogP contribution >= 0.6 is 0 Å². The topological polar surface area (TPSA) is 69.6 Å². The second kappa shape index (κ2) is 7.43. The molecule has 0 saturated heterocycles. The minimum absolute atomic E-state index is 0.138. The Labute approximate surface area is 121 Å². The van der Waals surface area contributed by atoms with Crippen molar-refractivity contribution in [3.63, 3.8) is 0 Å². The van der Waals surface area contributed by atoms with E-state index in [1.165, 1.54) is 0 Å². The van der Waals surface area contributed by atoms with E-state index in [0.717, 1.165) is 32.2 Å². The largest absolute Gasteiger partial charge is 0.480 e. The molecule has 1 aliphatic carbocycles. The van der Waals surface area contributed by atoms with Crippen molar-refractivity contribution < 1.29 is 14.7 Å². The third kappa shape index (κ3) is 4.07. The summed E-state index contributed by atoms with van der Waals surface area (Å²) >= 11 is 0. The van der Waals surface area contributed by atoms with Crippen LogP contribution in [0, 0.1) is 5.41 Å². The summed E-state index contributed by atoms with van der Waals surface area (Å²) in [5.74, 6) is -1.36. The summed E-state index contributed by atoms with van der Waals surface area (Å²) in [4.78, 5) is 25.5. The number of amides is 1. The highest BCUT2D eigenvalue weighted by atomic mass is 16.4. The predicted octanol–water partition coefficient (Wildman–Crippen LogP) is 1.64. The van der Waals surface area contributed by atoms with Gasteiger partial charge in [-0.1, -0.05) is 12.5 Å². The molecule has 1 atom stereocenters. The predicted molar refractivity (Wildman–Crippen MR) is 78.5 cm³/mol. The zero-order valence-corrected chi connectivity index (χ0v) is 12.5. The first-order chi connectivity index (χ1) is 9.42. The van der Waals surface area contributed by atoms with Crippen LogP contribution in [-0.4, -0.2) is 48.6 Å². The quantitative estimate of drug-likeness (QED) is 0.383. The Hall–Kier alpha value is -1.36. The zero-order valence-electron chi connectivity index (χ0n) is 12.5. The molecule has 1 saturated carbocycles. The van der Waals surface area contributed by atoms with Crippen molar-refractivity contribution in [2.24, 2.45) is 5.41 Å². The summed E-state index contributed by atoms with van der Waals surface area (Å²) in [6.07, 6.45) is 6.23. The Bertz CT molecular complexity index is 362. The number of carbonyl (C=O) groups excluding carboxylic acids is 1. The minimum Gasteiger partial charge on any atom is -0.480 e. The first-order valence-corrected chi connectivity index (χ1v) is 7.24. The molecule has 0 unspecified atom stereocenters. The van der Waals surface area contributed by atoms with Gasteiger partial charge in [0.2, 0.25) is 5.91 Å². The number of hydrogen-bond acceptors (Lipinski definition) is 3. The Morgan fingerprint density at radius 3 is 2.45 bits per heavy atom. The van der Waals surface area contributed by atoms with Crippen LogP contribution in [0.15, 0.2) is 12.7 Å². The van der Waals surface area contributed by atoms with E-state index >= 15 is 0 Å². The molecule has 0 aromatic heterocycles. The van der Waals surface area contributed by atoms with Gasteiger partial charge in [-0.3, -0.25) is 9.59 Å². The third-order valence-corrected chi connectivity index (χ3v) is 4.02. The second-order valence-electron chi connectivity index (χ2n) is 5.86. The van der Waals surface area contributed by atoms with Gasteiger partial charge in [0.05, 0.1) is 0 Å². The van der Waals surface area contributed by atoms with Gasteiger partial charge < -0.3 is 15.3 Å². The molecule has 5 heteroatoms. The lowest BCUT2D eigenvalue weighted by molar-refractivity contribution is -0.162. The highest BCUT2D eigenvalue weighted by molar-refractivity contribution is 6.03. The summed E-state index contributed by atoms with van der Waals surface area (Å²) in [7, 11) is 4.06. The molecule has 0 aliphatic heterocycles. The van der Waals surface area contributed by atoms with Crippen LogP contribution < -0.4 is 5.32 Å². The van der Waals surface area contributed by atoms with Gasteiger partial charge >= 0.3 is 5.97 Å². The highest BCUT2D eigenvalue weighted by Crippen LogP contribution is 2.41. The first-order valence-electron chi connectivity index (χ1n) is 7.24. The van der Waals surface area contributed by atoms with Gasteiger partial charge in [-0.05, 0) is 52.7 Å². The van der Waals surface area contributed by atoms with E-state index in [0.29, 0.717) is 12.8 Å². The van der Waals surface area contributed by atoms with Crippen LogP contribution in [0.3, 0.4) is 0 Å². The molecular formula is C15H26N2O3. The fourth-order valence-corrected chi connectivity index (χ4v) is 2.42. The smallest absolute Gasteiger partial charge is 0.319 e. The van der Waals surface area contributed by atoms with E-state index in [9.17, 15) is 14.7 Å². The molecule has 0 bridgehead atoms. The molecule has 1 aliphatic rings. The first kappa shape index (κ1) is 16.7. The molecule has 2 N–H and O–H groups in total. The SMILES string of the molecule is C=C[C@H](CCCCN(C)C)NC(=O)C1(C(=O)O)CCC1. The van der Waals surface area contributed by atoms with Gasteiger partial charge in [0, 0.05) is 6.04 Å².